The molecule has 3 unspecified atom stereocenters. The standard InChI is InChI=1S/C15H26N2O/c16-14-7-8-17(10-14)15(18)13-6-5-11-3-1-2-4-12(11)9-13/h11-14H,1-10,16H2/t11?,12?,13?,14-/m1/s1. The van der Waals surface area contributed by atoms with Crippen LogP contribution in [0, 0.1) is 17.8 Å². The van der Waals surface area contributed by atoms with Gasteiger partial charge in [0.25, 0.3) is 0 Å². The van der Waals surface area contributed by atoms with Crippen LogP contribution in [0.5, 0.6) is 0 Å². The van der Waals surface area contributed by atoms with Gasteiger partial charge < -0.3 is 10.6 Å². The molecule has 3 rings (SSSR count). The molecule has 0 radical (unpaired) electrons. The van der Waals surface area contributed by atoms with E-state index in [-0.39, 0.29) is 6.04 Å². The highest BCUT2D eigenvalue weighted by atomic mass is 16.2. The summed E-state index contributed by atoms with van der Waals surface area (Å²) in [4.78, 5) is 14.5. The molecular weight excluding hydrogens is 224 g/mol. The summed E-state index contributed by atoms with van der Waals surface area (Å²) in [7, 11) is 0. The summed E-state index contributed by atoms with van der Waals surface area (Å²) in [6.07, 6.45) is 10.2. The lowest BCUT2D eigenvalue weighted by Gasteiger charge is -2.39. The van der Waals surface area contributed by atoms with Crippen LogP contribution >= 0.6 is 0 Å². The lowest BCUT2D eigenvalue weighted by Crippen LogP contribution is -2.40. The molecule has 0 aromatic rings. The third-order valence-electron chi connectivity index (χ3n) is 5.43. The van der Waals surface area contributed by atoms with Crippen molar-refractivity contribution in [3.05, 3.63) is 0 Å². The number of fused-ring (bicyclic) bond motifs is 1. The fourth-order valence-electron chi connectivity index (χ4n) is 4.34. The number of carbonyl (C=O) groups is 1. The maximum atomic E-state index is 12.5. The zero-order valence-electron chi connectivity index (χ0n) is 11.3. The van der Waals surface area contributed by atoms with Crippen LogP contribution in [0.3, 0.4) is 0 Å². The van der Waals surface area contributed by atoms with Crippen LogP contribution in [0.25, 0.3) is 0 Å². The first-order valence-electron chi connectivity index (χ1n) is 7.78. The number of rotatable bonds is 1. The molecule has 4 atom stereocenters. The molecule has 1 amide bonds. The van der Waals surface area contributed by atoms with Gasteiger partial charge in [0.2, 0.25) is 5.91 Å². The fourth-order valence-corrected chi connectivity index (χ4v) is 4.34. The van der Waals surface area contributed by atoms with Gasteiger partial charge in [-0.15, -0.1) is 0 Å². The van der Waals surface area contributed by atoms with Gasteiger partial charge in [0.1, 0.15) is 0 Å². The first-order valence-corrected chi connectivity index (χ1v) is 7.78. The summed E-state index contributed by atoms with van der Waals surface area (Å²) >= 11 is 0. The van der Waals surface area contributed by atoms with Crippen molar-refractivity contribution in [1.82, 2.24) is 4.90 Å². The molecule has 18 heavy (non-hydrogen) atoms. The smallest absolute Gasteiger partial charge is 0.225 e. The second-order valence-corrected chi connectivity index (χ2v) is 6.65. The Morgan fingerprint density at radius 3 is 2.50 bits per heavy atom. The Morgan fingerprint density at radius 1 is 1.00 bits per heavy atom. The second kappa shape index (κ2) is 5.20. The third-order valence-corrected chi connectivity index (χ3v) is 5.43. The number of hydrogen-bond donors (Lipinski definition) is 1. The Kier molecular flexibility index (Phi) is 3.60. The van der Waals surface area contributed by atoms with E-state index in [1.54, 1.807) is 0 Å². The van der Waals surface area contributed by atoms with Crippen molar-refractivity contribution >= 4 is 5.91 Å². The highest BCUT2D eigenvalue weighted by Gasteiger charge is 2.37. The van der Waals surface area contributed by atoms with Gasteiger partial charge in [0.15, 0.2) is 0 Å². The summed E-state index contributed by atoms with van der Waals surface area (Å²) in [6.45, 7) is 1.69. The van der Waals surface area contributed by atoms with Gasteiger partial charge in [-0.1, -0.05) is 25.7 Å². The zero-order valence-corrected chi connectivity index (χ0v) is 11.3. The molecular formula is C15H26N2O. The largest absolute Gasteiger partial charge is 0.341 e. The van der Waals surface area contributed by atoms with Crippen LogP contribution < -0.4 is 5.73 Å². The van der Waals surface area contributed by atoms with Gasteiger partial charge in [-0.2, -0.15) is 0 Å². The summed E-state index contributed by atoms with van der Waals surface area (Å²) in [6, 6.07) is 0.222. The van der Waals surface area contributed by atoms with E-state index in [1.807, 2.05) is 4.90 Å². The molecule has 0 spiro atoms. The minimum Gasteiger partial charge on any atom is -0.341 e. The molecule has 1 heterocycles. The monoisotopic (exact) mass is 250 g/mol. The SMILES string of the molecule is N[C@@H]1CCN(C(=O)C2CCC3CCCCC3C2)C1. The van der Waals surface area contributed by atoms with E-state index in [9.17, 15) is 4.79 Å². The van der Waals surface area contributed by atoms with Gasteiger partial charge in [-0.05, 0) is 37.5 Å². The minimum atomic E-state index is 0.222. The van der Waals surface area contributed by atoms with E-state index in [1.165, 1.54) is 32.1 Å². The molecule has 2 N–H and O–H groups in total. The minimum absolute atomic E-state index is 0.222. The zero-order chi connectivity index (χ0) is 12.5. The summed E-state index contributed by atoms with van der Waals surface area (Å²) in [5.41, 5.74) is 5.90. The van der Waals surface area contributed by atoms with Crippen LogP contribution in [-0.2, 0) is 4.79 Å². The second-order valence-electron chi connectivity index (χ2n) is 6.65. The van der Waals surface area contributed by atoms with E-state index in [0.717, 1.165) is 44.2 Å². The number of nitrogens with two attached hydrogens (primary N) is 1. The van der Waals surface area contributed by atoms with Crippen molar-refractivity contribution in [1.29, 1.82) is 0 Å². The molecule has 3 heteroatoms. The Bertz CT molecular complexity index is 318. The molecule has 0 aromatic carbocycles. The number of carbonyl (C=O) groups excluding carboxylic acids is 1. The quantitative estimate of drug-likeness (QED) is 0.775. The molecule has 102 valence electrons. The highest BCUT2D eigenvalue weighted by molar-refractivity contribution is 5.79. The van der Waals surface area contributed by atoms with Crippen molar-refractivity contribution in [3.8, 4) is 0 Å². The average Bonchev–Trinajstić information content (AvgIpc) is 2.84. The molecule has 0 bridgehead atoms. The molecule has 3 nitrogen and oxygen atoms in total. The van der Waals surface area contributed by atoms with Gasteiger partial charge in [-0.25, -0.2) is 0 Å². The highest BCUT2D eigenvalue weighted by Crippen LogP contribution is 2.43. The van der Waals surface area contributed by atoms with Crippen LogP contribution in [0.1, 0.15) is 51.4 Å². The van der Waals surface area contributed by atoms with Gasteiger partial charge in [0, 0.05) is 25.0 Å². The van der Waals surface area contributed by atoms with Gasteiger partial charge in [-0.3, -0.25) is 4.79 Å². The van der Waals surface area contributed by atoms with E-state index >= 15 is 0 Å². The van der Waals surface area contributed by atoms with E-state index < -0.39 is 0 Å². The predicted molar refractivity (Wildman–Crippen MR) is 72.0 cm³/mol. The van der Waals surface area contributed by atoms with Gasteiger partial charge >= 0.3 is 0 Å². The third kappa shape index (κ3) is 2.42. The van der Waals surface area contributed by atoms with Crippen molar-refractivity contribution < 1.29 is 4.79 Å². The Labute approximate surface area is 110 Å². The molecule has 3 aliphatic rings. The summed E-state index contributed by atoms with van der Waals surface area (Å²) in [5.74, 6) is 2.50. The fraction of sp³-hybridized carbons (Fsp3) is 0.933. The van der Waals surface area contributed by atoms with Crippen molar-refractivity contribution in [3.63, 3.8) is 0 Å². The molecule has 2 saturated carbocycles. The Balaban J connectivity index is 1.58. The maximum absolute atomic E-state index is 12.5. The molecule has 3 fully saturated rings. The van der Waals surface area contributed by atoms with Crippen LogP contribution in [0.15, 0.2) is 0 Å². The number of hydrogen-bond acceptors (Lipinski definition) is 2. The Morgan fingerprint density at radius 2 is 1.78 bits per heavy atom. The first kappa shape index (κ1) is 12.5. The summed E-state index contributed by atoms with van der Waals surface area (Å²) in [5, 5.41) is 0. The molecule has 1 saturated heterocycles. The van der Waals surface area contributed by atoms with Crippen LogP contribution in [-0.4, -0.2) is 29.9 Å². The van der Waals surface area contributed by atoms with Crippen LogP contribution in [0.2, 0.25) is 0 Å². The van der Waals surface area contributed by atoms with Crippen molar-refractivity contribution in [2.24, 2.45) is 23.5 Å². The molecule has 1 aliphatic heterocycles. The topological polar surface area (TPSA) is 46.3 Å². The number of amides is 1. The molecule has 2 aliphatic carbocycles. The molecule has 0 aromatic heterocycles. The van der Waals surface area contributed by atoms with E-state index in [0.29, 0.717) is 11.8 Å². The van der Waals surface area contributed by atoms with Crippen molar-refractivity contribution in [2.75, 3.05) is 13.1 Å². The predicted octanol–water partition coefficient (Wildman–Crippen LogP) is 2.15. The van der Waals surface area contributed by atoms with Gasteiger partial charge in [0.05, 0.1) is 0 Å². The first-order chi connectivity index (χ1) is 8.74. The van der Waals surface area contributed by atoms with E-state index in [4.69, 9.17) is 5.73 Å². The Hall–Kier alpha value is -0.570. The van der Waals surface area contributed by atoms with E-state index in [2.05, 4.69) is 0 Å². The van der Waals surface area contributed by atoms with Crippen molar-refractivity contribution in [2.45, 2.75) is 57.4 Å². The summed E-state index contributed by atoms with van der Waals surface area (Å²) < 4.78 is 0. The van der Waals surface area contributed by atoms with Crippen LogP contribution in [0.4, 0.5) is 0 Å². The maximum Gasteiger partial charge on any atom is 0.225 e. The average molecular weight is 250 g/mol. The number of likely N-dealkylation sites (tertiary alicyclic amines) is 1. The lowest BCUT2D eigenvalue weighted by molar-refractivity contribution is -0.136. The number of nitrogens with zero attached hydrogens (tertiary/aromatic N) is 1. The normalized spacial score (nSPS) is 40.6. The lowest BCUT2D eigenvalue weighted by atomic mass is 9.67.